The zero-order valence-corrected chi connectivity index (χ0v) is 20.0. The van der Waals surface area contributed by atoms with Crippen molar-refractivity contribution in [1.29, 1.82) is 0 Å². The predicted molar refractivity (Wildman–Crippen MR) is 133 cm³/mol. The topological polar surface area (TPSA) is 78.1 Å². The van der Waals surface area contributed by atoms with Crippen LogP contribution in [0.25, 0.3) is 10.8 Å². The summed E-state index contributed by atoms with van der Waals surface area (Å²) < 4.78 is 14.6. The van der Waals surface area contributed by atoms with Gasteiger partial charge in [-0.25, -0.2) is 9.49 Å². The molecule has 7 heteroatoms. The van der Waals surface area contributed by atoms with Crippen molar-refractivity contribution in [2.24, 2.45) is 5.41 Å². The molecule has 2 aliphatic rings. The van der Waals surface area contributed by atoms with Crippen molar-refractivity contribution in [2.75, 3.05) is 26.2 Å². The fourth-order valence-electron chi connectivity index (χ4n) is 5.16. The van der Waals surface area contributed by atoms with E-state index in [-0.39, 0.29) is 17.0 Å². The molecule has 2 saturated heterocycles. The lowest BCUT2D eigenvalue weighted by atomic mass is 9.71. The number of aromatic amines is 1. The number of hydrogen-bond donors (Lipinski definition) is 2. The van der Waals surface area contributed by atoms with Gasteiger partial charge in [0.2, 0.25) is 0 Å². The van der Waals surface area contributed by atoms with Crippen molar-refractivity contribution >= 4 is 16.7 Å². The van der Waals surface area contributed by atoms with Gasteiger partial charge in [0.05, 0.1) is 16.6 Å². The molecule has 0 bridgehead atoms. The number of benzene rings is 2. The summed E-state index contributed by atoms with van der Waals surface area (Å²) in [4.78, 5) is 27.0. The van der Waals surface area contributed by atoms with Crippen LogP contribution in [0.4, 0.5) is 4.39 Å². The van der Waals surface area contributed by atoms with Crippen LogP contribution in [0.2, 0.25) is 0 Å². The maximum Gasteiger partial charge on any atom is 0.272 e. The second kappa shape index (κ2) is 10.5. The van der Waals surface area contributed by atoms with Crippen molar-refractivity contribution in [2.45, 2.75) is 46.0 Å². The summed E-state index contributed by atoms with van der Waals surface area (Å²) in [6, 6.07) is 11.9. The van der Waals surface area contributed by atoms with E-state index in [9.17, 15) is 14.0 Å². The number of piperidine rings is 2. The normalized spacial score (nSPS) is 17.3. The Labute approximate surface area is 199 Å². The van der Waals surface area contributed by atoms with E-state index >= 15 is 0 Å². The molecule has 5 rings (SSSR count). The van der Waals surface area contributed by atoms with Gasteiger partial charge in [0.1, 0.15) is 5.82 Å². The molecule has 2 aliphatic heterocycles. The standard InChI is InChI=1S/C25H27FN4O2.C2H6/c26-21-6-5-17(16-22-18-3-1-2-4-19(18)23(31)29-28-22)15-20(21)24(32)30-13-9-25(10-14-30)7-11-27-12-8-25;1-2/h1-6,15,27H,7-14,16H2,(H,29,31);1-2H3. The summed E-state index contributed by atoms with van der Waals surface area (Å²) in [6.07, 6.45) is 4.66. The number of hydrogen-bond acceptors (Lipinski definition) is 4. The zero-order chi connectivity index (χ0) is 24.1. The number of halogens is 1. The number of fused-ring (bicyclic) bond motifs is 1. The third-order valence-corrected chi connectivity index (χ3v) is 7.18. The first-order valence-corrected chi connectivity index (χ1v) is 12.3. The van der Waals surface area contributed by atoms with Crippen molar-refractivity contribution < 1.29 is 9.18 Å². The molecular weight excluding hydrogens is 431 g/mol. The van der Waals surface area contributed by atoms with Gasteiger partial charge in [-0.1, -0.05) is 38.1 Å². The van der Waals surface area contributed by atoms with E-state index < -0.39 is 5.82 Å². The molecule has 2 N–H and O–H groups in total. The fraction of sp³-hybridized carbons (Fsp3) is 0.444. The van der Waals surface area contributed by atoms with E-state index in [2.05, 4.69) is 15.5 Å². The maximum atomic E-state index is 14.6. The van der Waals surface area contributed by atoms with Gasteiger partial charge in [-0.2, -0.15) is 5.10 Å². The van der Waals surface area contributed by atoms with E-state index in [1.165, 1.54) is 6.07 Å². The first-order chi connectivity index (χ1) is 16.5. The van der Waals surface area contributed by atoms with Crippen molar-refractivity contribution in [3.05, 3.63) is 75.5 Å². The largest absolute Gasteiger partial charge is 0.339 e. The highest BCUT2D eigenvalue weighted by Gasteiger charge is 2.37. The van der Waals surface area contributed by atoms with Crippen LogP contribution in [0.5, 0.6) is 0 Å². The van der Waals surface area contributed by atoms with E-state index in [1.54, 1.807) is 23.1 Å². The molecule has 34 heavy (non-hydrogen) atoms. The van der Waals surface area contributed by atoms with Crippen molar-refractivity contribution in [3.63, 3.8) is 0 Å². The Morgan fingerprint density at radius 3 is 2.41 bits per heavy atom. The van der Waals surface area contributed by atoms with Crippen molar-refractivity contribution in [1.82, 2.24) is 20.4 Å². The van der Waals surface area contributed by atoms with Gasteiger partial charge >= 0.3 is 0 Å². The molecule has 1 amide bonds. The number of amides is 1. The van der Waals surface area contributed by atoms with Gasteiger partial charge in [-0.3, -0.25) is 9.59 Å². The zero-order valence-electron chi connectivity index (χ0n) is 20.0. The minimum atomic E-state index is -0.500. The Bertz CT molecular complexity index is 1210. The molecule has 3 heterocycles. The Kier molecular flexibility index (Phi) is 7.41. The van der Waals surface area contributed by atoms with Crippen LogP contribution >= 0.6 is 0 Å². The van der Waals surface area contributed by atoms with Crippen LogP contribution in [0, 0.1) is 11.2 Å². The summed E-state index contributed by atoms with van der Waals surface area (Å²) in [6.45, 7) is 7.43. The van der Waals surface area contributed by atoms with Gasteiger partial charge in [-0.05, 0) is 68.0 Å². The highest BCUT2D eigenvalue weighted by Crippen LogP contribution is 2.39. The van der Waals surface area contributed by atoms with Crippen LogP contribution in [-0.4, -0.2) is 47.2 Å². The molecule has 3 aromatic rings. The lowest BCUT2D eigenvalue weighted by molar-refractivity contribution is 0.0492. The average molecular weight is 465 g/mol. The molecule has 1 aromatic heterocycles. The van der Waals surface area contributed by atoms with Crippen LogP contribution in [0.1, 0.15) is 61.1 Å². The highest BCUT2D eigenvalue weighted by atomic mass is 19.1. The third kappa shape index (κ3) is 4.89. The first-order valence-electron chi connectivity index (χ1n) is 12.3. The van der Waals surface area contributed by atoms with Crippen molar-refractivity contribution in [3.8, 4) is 0 Å². The number of carbonyl (C=O) groups is 1. The molecular formula is C27H33FN4O2. The minimum Gasteiger partial charge on any atom is -0.339 e. The van der Waals surface area contributed by atoms with Gasteiger partial charge in [0.15, 0.2) is 0 Å². The summed E-state index contributed by atoms with van der Waals surface area (Å²) in [5.41, 5.74) is 1.68. The number of carbonyl (C=O) groups excluding carboxylic acids is 1. The highest BCUT2D eigenvalue weighted by molar-refractivity contribution is 5.95. The van der Waals surface area contributed by atoms with Crippen LogP contribution in [-0.2, 0) is 6.42 Å². The van der Waals surface area contributed by atoms with Crippen LogP contribution in [0.15, 0.2) is 47.3 Å². The molecule has 0 aliphatic carbocycles. The molecule has 2 fully saturated rings. The summed E-state index contributed by atoms with van der Waals surface area (Å²) in [5.74, 6) is -0.743. The number of aromatic nitrogens is 2. The van der Waals surface area contributed by atoms with Crippen LogP contribution < -0.4 is 10.9 Å². The number of nitrogens with zero attached hydrogens (tertiary/aromatic N) is 2. The second-order valence-electron chi connectivity index (χ2n) is 9.08. The van der Waals surface area contributed by atoms with E-state index in [4.69, 9.17) is 0 Å². The average Bonchev–Trinajstić information content (AvgIpc) is 2.89. The molecule has 180 valence electrons. The Morgan fingerprint density at radius 1 is 1.03 bits per heavy atom. The number of H-pyrrole nitrogens is 1. The molecule has 1 spiro atoms. The number of nitrogens with one attached hydrogen (secondary N) is 2. The van der Waals surface area contributed by atoms with E-state index in [0.717, 1.165) is 49.7 Å². The fourth-order valence-corrected chi connectivity index (χ4v) is 5.16. The molecule has 0 unspecified atom stereocenters. The van der Waals surface area contributed by atoms with E-state index in [0.29, 0.717) is 36.0 Å². The minimum absolute atomic E-state index is 0.109. The Hall–Kier alpha value is -3.06. The maximum absolute atomic E-state index is 14.6. The Morgan fingerprint density at radius 2 is 1.71 bits per heavy atom. The molecule has 0 saturated carbocycles. The van der Waals surface area contributed by atoms with Crippen LogP contribution in [0.3, 0.4) is 0 Å². The summed E-state index contributed by atoms with van der Waals surface area (Å²) in [7, 11) is 0. The monoisotopic (exact) mass is 464 g/mol. The lowest BCUT2D eigenvalue weighted by Gasteiger charge is -2.44. The quantitative estimate of drug-likeness (QED) is 0.606. The Balaban J connectivity index is 0.00000133. The number of likely N-dealkylation sites (tertiary alicyclic amines) is 1. The third-order valence-electron chi connectivity index (χ3n) is 7.18. The molecule has 0 radical (unpaired) electrons. The van der Waals surface area contributed by atoms with Gasteiger partial charge in [0, 0.05) is 24.9 Å². The molecule has 2 aromatic carbocycles. The van der Waals surface area contributed by atoms with Gasteiger partial charge < -0.3 is 10.2 Å². The first kappa shape index (κ1) is 24.1. The SMILES string of the molecule is CC.O=C(c1cc(Cc2n[nH]c(=O)c3ccccc23)ccc1F)N1CCC2(CCNCC2)CC1. The molecule has 6 nitrogen and oxygen atoms in total. The smallest absolute Gasteiger partial charge is 0.272 e. The summed E-state index contributed by atoms with van der Waals surface area (Å²) in [5, 5.41) is 11.5. The summed E-state index contributed by atoms with van der Waals surface area (Å²) >= 11 is 0. The van der Waals surface area contributed by atoms with Gasteiger partial charge in [0.25, 0.3) is 11.5 Å². The van der Waals surface area contributed by atoms with E-state index in [1.807, 2.05) is 32.0 Å². The number of rotatable bonds is 3. The molecule has 0 atom stereocenters. The van der Waals surface area contributed by atoms with Gasteiger partial charge in [-0.15, -0.1) is 0 Å². The lowest BCUT2D eigenvalue weighted by Crippen LogP contribution is -2.47. The predicted octanol–water partition coefficient (Wildman–Crippen LogP) is 4.29. The second-order valence-corrected chi connectivity index (χ2v) is 9.08.